The van der Waals surface area contributed by atoms with Crippen molar-refractivity contribution in [2.24, 2.45) is 0 Å². The van der Waals surface area contributed by atoms with Gasteiger partial charge in [0.25, 0.3) is 5.91 Å². The molecule has 4 heteroatoms. The van der Waals surface area contributed by atoms with Crippen LogP contribution < -0.4 is 5.32 Å². The summed E-state index contributed by atoms with van der Waals surface area (Å²) in [5, 5.41) is 12.5. The third-order valence-corrected chi connectivity index (χ3v) is 4.46. The summed E-state index contributed by atoms with van der Waals surface area (Å²) in [5.74, 6) is -0.146. The maximum absolute atomic E-state index is 12.5. The molecule has 1 aromatic rings. The average molecular weight is 335 g/mol. The predicted octanol–water partition coefficient (Wildman–Crippen LogP) is 4.10. The van der Waals surface area contributed by atoms with E-state index < -0.39 is 5.54 Å². The first kappa shape index (κ1) is 15.1. The number of rotatable bonds is 2. The number of hydrogen-bond acceptors (Lipinski definition) is 2. The van der Waals surface area contributed by atoms with E-state index in [0.717, 1.165) is 48.6 Å². The highest BCUT2D eigenvalue weighted by molar-refractivity contribution is 9.10. The molecule has 1 saturated carbocycles. The van der Waals surface area contributed by atoms with Gasteiger partial charge in [-0.2, -0.15) is 5.26 Å². The van der Waals surface area contributed by atoms with Crippen LogP contribution in [0.3, 0.4) is 0 Å². The van der Waals surface area contributed by atoms with Gasteiger partial charge in [0.05, 0.1) is 6.07 Å². The first-order chi connectivity index (χ1) is 9.56. The highest BCUT2D eigenvalue weighted by atomic mass is 79.9. The van der Waals surface area contributed by atoms with E-state index in [1.807, 2.05) is 25.1 Å². The minimum absolute atomic E-state index is 0.146. The molecule has 1 aliphatic rings. The molecule has 0 heterocycles. The molecule has 20 heavy (non-hydrogen) atoms. The van der Waals surface area contributed by atoms with Crippen molar-refractivity contribution in [1.29, 1.82) is 5.26 Å². The molecule has 0 atom stereocenters. The van der Waals surface area contributed by atoms with Gasteiger partial charge in [-0.1, -0.05) is 47.7 Å². The number of carbonyl (C=O) groups excluding carboxylic acids is 1. The Balaban J connectivity index is 2.21. The molecule has 0 spiro atoms. The van der Waals surface area contributed by atoms with Crippen LogP contribution in [0.2, 0.25) is 0 Å². The van der Waals surface area contributed by atoms with Crippen LogP contribution in [0, 0.1) is 18.3 Å². The van der Waals surface area contributed by atoms with Crippen molar-refractivity contribution in [2.45, 2.75) is 51.0 Å². The van der Waals surface area contributed by atoms with Gasteiger partial charge >= 0.3 is 0 Å². The summed E-state index contributed by atoms with van der Waals surface area (Å²) in [6.07, 6.45) is 5.81. The SMILES string of the molecule is Cc1ccc(Br)cc1C(=O)NC1(C#N)CCCCCC1. The van der Waals surface area contributed by atoms with E-state index >= 15 is 0 Å². The summed E-state index contributed by atoms with van der Waals surface area (Å²) in [6, 6.07) is 7.98. The van der Waals surface area contributed by atoms with Gasteiger partial charge in [-0.15, -0.1) is 0 Å². The number of carbonyl (C=O) groups is 1. The van der Waals surface area contributed by atoms with E-state index in [1.165, 1.54) is 0 Å². The Bertz CT molecular complexity index is 540. The van der Waals surface area contributed by atoms with Crippen LogP contribution in [0.15, 0.2) is 22.7 Å². The Hall–Kier alpha value is -1.34. The fourth-order valence-corrected chi connectivity index (χ4v) is 3.08. The molecule has 2 rings (SSSR count). The maximum Gasteiger partial charge on any atom is 0.252 e. The molecular formula is C16H19BrN2O. The molecule has 1 N–H and O–H groups in total. The zero-order valence-corrected chi connectivity index (χ0v) is 13.3. The molecule has 0 saturated heterocycles. The van der Waals surface area contributed by atoms with E-state index in [0.29, 0.717) is 5.56 Å². The molecule has 1 aromatic carbocycles. The predicted molar refractivity (Wildman–Crippen MR) is 82.4 cm³/mol. The van der Waals surface area contributed by atoms with Crippen molar-refractivity contribution >= 4 is 21.8 Å². The monoisotopic (exact) mass is 334 g/mol. The molecule has 1 amide bonds. The molecule has 1 aliphatic carbocycles. The van der Waals surface area contributed by atoms with E-state index in [2.05, 4.69) is 27.3 Å². The normalized spacial score (nSPS) is 17.9. The van der Waals surface area contributed by atoms with Crippen LogP contribution in [-0.4, -0.2) is 11.4 Å². The molecule has 0 bridgehead atoms. The quantitative estimate of drug-likeness (QED) is 0.827. The second-order valence-corrected chi connectivity index (χ2v) is 6.44. The number of benzene rings is 1. The smallest absolute Gasteiger partial charge is 0.252 e. The van der Waals surface area contributed by atoms with Gasteiger partial charge in [0.2, 0.25) is 0 Å². The van der Waals surface area contributed by atoms with E-state index in [4.69, 9.17) is 0 Å². The lowest BCUT2D eigenvalue weighted by Gasteiger charge is -2.26. The molecule has 0 unspecified atom stereocenters. The summed E-state index contributed by atoms with van der Waals surface area (Å²) >= 11 is 3.39. The Morgan fingerprint density at radius 2 is 1.95 bits per heavy atom. The maximum atomic E-state index is 12.5. The first-order valence-corrected chi connectivity index (χ1v) is 7.85. The largest absolute Gasteiger partial charge is 0.334 e. The second kappa shape index (κ2) is 6.41. The lowest BCUT2D eigenvalue weighted by molar-refractivity contribution is 0.0912. The Kier molecular flexibility index (Phi) is 4.82. The van der Waals surface area contributed by atoms with E-state index in [-0.39, 0.29) is 5.91 Å². The Labute approximate surface area is 128 Å². The van der Waals surface area contributed by atoms with E-state index in [1.54, 1.807) is 0 Å². The van der Waals surface area contributed by atoms with Crippen molar-refractivity contribution in [3.05, 3.63) is 33.8 Å². The summed E-state index contributed by atoms with van der Waals surface area (Å²) < 4.78 is 0.875. The van der Waals surface area contributed by atoms with Crippen LogP contribution in [0.25, 0.3) is 0 Å². The first-order valence-electron chi connectivity index (χ1n) is 7.06. The topological polar surface area (TPSA) is 52.9 Å². The highest BCUT2D eigenvalue weighted by Crippen LogP contribution is 2.27. The second-order valence-electron chi connectivity index (χ2n) is 5.52. The lowest BCUT2D eigenvalue weighted by atomic mass is 9.91. The summed E-state index contributed by atoms with van der Waals surface area (Å²) in [6.45, 7) is 1.91. The third-order valence-electron chi connectivity index (χ3n) is 3.97. The number of nitriles is 1. The molecule has 0 aromatic heterocycles. The summed E-state index contributed by atoms with van der Waals surface area (Å²) in [7, 11) is 0. The van der Waals surface area contributed by atoms with Gasteiger partial charge in [0, 0.05) is 10.0 Å². The van der Waals surface area contributed by atoms with Crippen LogP contribution >= 0.6 is 15.9 Å². The molecule has 0 aliphatic heterocycles. The highest BCUT2D eigenvalue weighted by Gasteiger charge is 2.33. The third kappa shape index (κ3) is 3.40. The zero-order chi connectivity index (χ0) is 14.6. The van der Waals surface area contributed by atoms with Crippen molar-refractivity contribution < 1.29 is 4.79 Å². The van der Waals surface area contributed by atoms with Gasteiger partial charge in [-0.25, -0.2) is 0 Å². The van der Waals surface area contributed by atoms with Crippen LogP contribution in [0.4, 0.5) is 0 Å². The zero-order valence-electron chi connectivity index (χ0n) is 11.7. The minimum Gasteiger partial charge on any atom is -0.334 e. The lowest BCUT2D eigenvalue weighted by Crippen LogP contribution is -2.47. The molecule has 106 valence electrons. The average Bonchev–Trinajstić information content (AvgIpc) is 2.67. The number of amides is 1. The Morgan fingerprint density at radius 1 is 1.30 bits per heavy atom. The fourth-order valence-electron chi connectivity index (χ4n) is 2.72. The van der Waals surface area contributed by atoms with Gasteiger partial charge in [0.15, 0.2) is 0 Å². The summed E-state index contributed by atoms with van der Waals surface area (Å²) in [5.41, 5.74) is 0.869. The number of nitrogens with zero attached hydrogens (tertiary/aromatic N) is 1. The number of aryl methyl sites for hydroxylation is 1. The molecule has 0 radical (unpaired) electrons. The van der Waals surface area contributed by atoms with Gasteiger partial charge < -0.3 is 5.32 Å². The molecule has 1 fully saturated rings. The Morgan fingerprint density at radius 3 is 2.55 bits per heavy atom. The number of hydrogen-bond donors (Lipinski definition) is 1. The van der Waals surface area contributed by atoms with Gasteiger partial charge in [0.1, 0.15) is 5.54 Å². The van der Waals surface area contributed by atoms with Crippen molar-refractivity contribution in [2.75, 3.05) is 0 Å². The van der Waals surface area contributed by atoms with Crippen molar-refractivity contribution in [1.82, 2.24) is 5.32 Å². The number of nitrogens with one attached hydrogen (secondary N) is 1. The van der Waals surface area contributed by atoms with E-state index in [9.17, 15) is 10.1 Å². The van der Waals surface area contributed by atoms with Crippen LogP contribution in [-0.2, 0) is 0 Å². The standard InChI is InChI=1S/C16H19BrN2O/c1-12-6-7-13(17)10-14(12)15(20)19-16(11-18)8-4-2-3-5-9-16/h6-7,10H,2-5,8-9H2,1H3,(H,19,20). The fraction of sp³-hybridized carbons (Fsp3) is 0.500. The van der Waals surface area contributed by atoms with Crippen molar-refractivity contribution in [3.8, 4) is 6.07 Å². The summed E-state index contributed by atoms with van der Waals surface area (Å²) in [4.78, 5) is 12.5. The minimum atomic E-state index is -0.692. The molecule has 3 nitrogen and oxygen atoms in total. The van der Waals surface area contributed by atoms with Crippen molar-refractivity contribution in [3.63, 3.8) is 0 Å². The van der Waals surface area contributed by atoms with Gasteiger partial charge in [-0.05, 0) is 37.5 Å². The molecular weight excluding hydrogens is 316 g/mol. The van der Waals surface area contributed by atoms with Crippen LogP contribution in [0.5, 0.6) is 0 Å². The van der Waals surface area contributed by atoms with Gasteiger partial charge in [-0.3, -0.25) is 4.79 Å². The van der Waals surface area contributed by atoms with Crippen LogP contribution in [0.1, 0.15) is 54.4 Å². The number of halogens is 1.